The summed E-state index contributed by atoms with van der Waals surface area (Å²) >= 11 is 11.5. The van der Waals surface area contributed by atoms with Crippen LogP contribution in [0.4, 0.5) is 0 Å². The van der Waals surface area contributed by atoms with Crippen LogP contribution in [0, 0.1) is 0 Å². The van der Waals surface area contributed by atoms with Crippen molar-refractivity contribution in [1.29, 1.82) is 0 Å². The van der Waals surface area contributed by atoms with Gasteiger partial charge in [0.25, 0.3) is 5.91 Å². The van der Waals surface area contributed by atoms with Crippen molar-refractivity contribution in [2.45, 2.75) is 4.90 Å². The number of benzene rings is 2. The molecule has 20 heavy (non-hydrogen) atoms. The van der Waals surface area contributed by atoms with E-state index in [9.17, 15) is 9.00 Å². The van der Waals surface area contributed by atoms with Crippen molar-refractivity contribution >= 4 is 38.8 Å². The predicted molar refractivity (Wildman–Crippen MR) is 82.0 cm³/mol. The predicted octanol–water partition coefficient (Wildman–Crippen LogP) is 4.29. The summed E-state index contributed by atoms with van der Waals surface area (Å²) in [6.45, 7) is 0. The summed E-state index contributed by atoms with van der Waals surface area (Å²) in [5.41, 5.74) is 0.345. The number of amides is 1. The third-order valence-electron chi connectivity index (χ3n) is 2.60. The zero-order chi connectivity index (χ0) is 14.8. The fourth-order valence-electron chi connectivity index (χ4n) is 1.54. The summed E-state index contributed by atoms with van der Waals surface area (Å²) in [5.74, 6) is -0.538. The first-order valence-electron chi connectivity index (χ1n) is 5.66. The highest BCUT2D eigenvalue weighted by molar-refractivity contribution is 7.93. The van der Waals surface area contributed by atoms with Crippen molar-refractivity contribution < 1.29 is 9.00 Å². The number of nitrogens with zero attached hydrogens (tertiary/aromatic N) is 1. The zero-order valence-electron chi connectivity index (χ0n) is 10.5. The number of carbonyl (C=O) groups is 1. The lowest BCUT2D eigenvalue weighted by molar-refractivity contribution is 0.100. The highest BCUT2D eigenvalue weighted by atomic mass is 35.5. The first kappa shape index (κ1) is 15.0. The van der Waals surface area contributed by atoms with Gasteiger partial charge in [0.2, 0.25) is 0 Å². The first-order chi connectivity index (χ1) is 9.38. The van der Waals surface area contributed by atoms with E-state index < -0.39 is 15.6 Å². The fourth-order valence-corrected chi connectivity index (χ4v) is 2.96. The maximum atomic E-state index is 12.5. The highest BCUT2D eigenvalue weighted by Crippen LogP contribution is 2.17. The Morgan fingerprint density at radius 1 is 0.950 bits per heavy atom. The molecule has 0 aliphatic heterocycles. The molecular formula is C14H11Cl2NO2S. The fraction of sp³-hybridized carbons (Fsp3) is 0.0714. The Hall–Kier alpha value is -1.36. The summed E-state index contributed by atoms with van der Waals surface area (Å²) in [5, 5.41) is 1.06. The lowest BCUT2D eigenvalue weighted by atomic mass is 10.2. The molecule has 6 heteroatoms. The third-order valence-corrected chi connectivity index (χ3v) is 4.76. The summed E-state index contributed by atoms with van der Waals surface area (Å²) in [6, 6.07) is 12.7. The molecule has 1 amide bonds. The second kappa shape index (κ2) is 5.95. The van der Waals surface area contributed by atoms with Crippen molar-refractivity contribution in [3.63, 3.8) is 0 Å². The Balaban J connectivity index is 2.37. The van der Waals surface area contributed by atoms with Crippen molar-refractivity contribution in [2.75, 3.05) is 6.26 Å². The van der Waals surface area contributed by atoms with Gasteiger partial charge in [-0.05, 0) is 48.5 Å². The lowest BCUT2D eigenvalue weighted by Crippen LogP contribution is -2.03. The molecule has 0 saturated carbocycles. The molecule has 2 aromatic carbocycles. The minimum absolute atomic E-state index is 0.345. The van der Waals surface area contributed by atoms with Crippen molar-refractivity contribution in [3.05, 3.63) is 64.1 Å². The number of carbonyl (C=O) groups excluding carboxylic acids is 1. The maximum absolute atomic E-state index is 12.5. The van der Waals surface area contributed by atoms with Crippen LogP contribution < -0.4 is 0 Å². The van der Waals surface area contributed by atoms with E-state index in [0.29, 0.717) is 20.5 Å². The van der Waals surface area contributed by atoms with Crippen molar-refractivity contribution in [1.82, 2.24) is 0 Å². The van der Waals surface area contributed by atoms with E-state index >= 15 is 0 Å². The molecule has 0 spiro atoms. The highest BCUT2D eigenvalue weighted by Gasteiger charge is 2.11. The van der Waals surface area contributed by atoms with Gasteiger partial charge in [0.05, 0.1) is 9.73 Å². The van der Waals surface area contributed by atoms with Crippen LogP contribution in [0.2, 0.25) is 10.0 Å². The standard InChI is InChI=1S/C14H11Cl2NO2S/c1-20(19,13-8-6-12(16)7-9-13)17-14(18)10-2-4-11(15)5-3-10/h2-9H,1H3. The van der Waals surface area contributed by atoms with Crippen LogP contribution in [0.25, 0.3) is 0 Å². The average Bonchev–Trinajstić information content (AvgIpc) is 2.39. The Kier molecular flexibility index (Phi) is 4.48. The van der Waals surface area contributed by atoms with E-state index in [-0.39, 0.29) is 0 Å². The molecule has 0 saturated heterocycles. The summed E-state index contributed by atoms with van der Waals surface area (Å²) < 4.78 is 16.3. The van der Waals surface area contributed by atoms with Crippen LogP contribution in [0.15, 0.2) is 57.8 Å². The number of rotatable bonds is 2. The normalized spacial score (nSPS) is 13.6. The van der Waals surface area contributed by atoms with E-state index in [1.165, 1.54) is 6.26 Å². The van der Waals surface area contributed by atoms with Crippen LogP contribution in [0.1, 0.15) is 10.4 Å². The van der Waals surface area contributed by atoms with Crippen LogP contribution in [-0.4, -0.2) is 16.4 Å². The molecule has 0 bridgehead atoms. The molecule has 0 N–H and O–H groups in total. The molecule has 1 unspecified atom stereocenters. The summed E-state index contributed by atoms with van der Waals surface area (Å²) in [7, 11) is -2.80. The average molecular weight is 328 g/mol. The van der Waals surface area contributed by atoms with Crippen LogP contribution in [0.3, 0.4) is 0 Å². The molecule has 3 nitrogen and oxygen atoms in total. The summed E-state index contributed by atoms with van der Waals surface area (Å²) in [6.07, 6.45) is 1.42. The molecule has 104 valence electrons. The van der Waals surface area contributed by atoms with E-state index in [2.05, 4.69) is 4.36 Å². The third kappa shape index (κ3) is 3.60. The van der Waals surface area contributed by atoms with Gasteiger partial charge in [-0.25, -0.2) is 4.21 Å². The van der Waals surface area contributed by atoms with Gasteiger partial charge in [-0.15, -0.1) is 0 Å². The van der Waals surface area contributed by atoms with Gasteiger partial charge < -0.3 is 0 Å². The molecule has 0 fully saturated rings. The molecule has 0 radical (unpaired) electrons. The van der Waals surface area contributed by atoms with Gasteiger partial charge in [0, 0.05) is 26.8 Å². The van der Waals surface area contributed by atoms with Crippen LogP contribution in [-0.2, 0) is 9.73 Å². The molecule has 0 aromatic heterocycles. The lowest BCUT2D eigenvalue weighted by Gasteiger charge is -2.04. The quantitative estimate of drug-likeness (QED) is 0.825. The van der Waals surface area contributed by atoms with E-state index in [1.54, 1.807) is 48.5 Å². The topological polar surface area (TPSA) is 46.5 Å². The Bertz CT molecular complexity index is 746. The molecular weight excluding hydrogens is 317 g/mol. The zero-order valence-corrected chi connectivity index (χ0v) is 12.9. The monoisotopic (exact) mass is 327 g/mol. The molecule has 0 heterocycles. The number of hydrogen-bond donors (Lipinski definition) is 0. The van der Waals surface area contributed by atoms with E-state index in [1.807, 2.05) is 0 Å². The minimum atomic E-state index is -2.80. The van der Waals surface area contributed by atoms with Crippen molar-refractivity contribution in [2.24, 2.45) is 4.36 Å². The number of halogens is 2. The van der Waals surface area contributed by atoms with Crippen LogP contribution >= 0.6 is 23.2 Å². The second-order valence-corrected chi connectivity index (χ2v) is 7.29. The SMILES string of the molecule is CS(=O)(=NC(=O)c1ccc(Cl)cc1)c1ccc(Cl)cc1. The maximum Gasteiger partial charge on any atom is 0.285 e. The van der Waals surface area contributed by atoms with Gasteiger partial charge in [-0.3, -0.25) is 4.79 Å². The van der Waals surface area contributed by atoms with Gasteiger partial charge >= 0.3 is 0 Å². The Morgan fingerprint density at radius 3 is 1.90 bits per heavy atom. The van der Waals surface area contributed by atoms with E-state index in [4.69, 9.17) is 23.2 Å². The van der Waals surface area contributed by atoms with Crippen LogP contribution in [0.5, 0.6) is 0 Å². The molecule has 0 aliphatic carbocycles. The molecule has 2 aromatic rings. The van der Waals surface area contributed by atoms with Gasteiger partial charge in [-0.1, -0.05) is 23.2 Å². The largest absolute Gasteiger partial charge is 0.285 e. The molecule has 2 rings (SSSR count). The van der Waals surface area contributed by atoms with Gasteiger partial charge in [0.1, 0.15) is 0 Å². The summed E-state index contributed by atoms with van der Waals surface area (Å²) in [4.78, 5) is 12.5. The van der Waals surface area contributed by atoms with Gasteiger partial charge in [-0.2, -0.15) is 4.36 Å². The number of hydrogen-bond acceptors (Lipinski definition) is 2. The Morgan fingerprint density at radius 2 is 1.40 bits per heavy atom. The Labute approximate surface area is 127 Å². The van der Waals surface area contributed by atoms with E-state index in [0.717, 1.165) is 0 Å². The second-order valence-electron chi connectivity index (χ2n) is 4.16. The molecule has 0 aliphatic rings. The minimum Gasteiger partial charge on any atom is -0.266 e. The first-order valence-corrected chi connectivity index (χ1v) is 8.34. The molecule has 1 atom stereocenters. The smallest absolute Gasteiger partial charge is 0.266 e. The van der Waals surface area contributed by atoms with Crippen molar-refractivity contribution in [3.8, 4) is 0 Å². The van der Waals surface area contributed by atoms with Gasteiger partial charge in [0.15, 0.2) is 0 Å².